The molecule has 2 heterocycles. The van der Waals surface area contributed by atoms with Crippen molar-refractivity contribution in [2.45, 2.75) is 34.3 Å². The van der Waals surface area contributed by atoms with Gasteiger partial charge in [-0.3, -0.25) is 0 Å². The molecule has 0 unspecified atom stereocenters. The summed E-state index contributed by atoms with van der Waals surface area (Å²) in [6.45, 7) is 8.55. The van der Waals surface area contributed by atoms with Crippen LogP contribution in [0.1, 0.15) is 28.3 Å². The van der Waals surface area contributed by atoms with Gasteiger partial charge in [-0.05, 0) is 44.9 Å². The van der Waals surface area contributed by atoms with E-state index < -0.39 is 0 Å². The van der Waals surface area contributed by atoms with Gasteiger partial charge < -0.3 is 10.1 Å². The molecule has 0 spiro atoms. The SMILES string of the molecule is COCc1nc(C)cc(Nc2cnn(-c3cc(C)ccc3C)c2C)n1. The number of rotatable bonds is 5. The molecule has 0 aliphatic rings. The lowest BCUT2D eigenvalue weighted by Crippen LogP contribution is -2.04. The number of methoxy groups -OCH3 is 1. The maximum absolute atomic E-state index is 5.13. The third kappa shape index (κ3) is 3.69. The lowest BCUT2D eigenvalue weighted by molar-refractivity contribution is 0.177. The number of benzene rings is 1. The molecule has 130 valence electrons. The zero-order valence-corrected chi connectivity index (χ0v) is 15.3. The van der Waals surface area contributed by atoms with Gasteiger partial charge in [-0.2, -0.15) is 5.10 Å². The first kappa shape index (κ1) is 17.1. The van der Waals surface area contributed by atoms with Crippen LogP contribution in [-0.4, -0.2) is 26.9 Å². The molecular weight excluding hydrogens is 314 g/mol. The Kier molecular flexibility index (Phi) is 4.81. The molecular formula is C19H23N5O. The van der Waals surface area contributed by atoms with Crippen LogP contribution in [0.5, 0.6) is 0 Å². The molecule has 0 radical (unpaired) electrons. The van der Waals surface area contributed by atoms with Gasteiger partial charge in [0.1, 0.15) is 12.4 Å². The summed E-state index contributed by atoms with van der Waals surface area (Å²) in [5.41, 5.74) is 6.32. The van der Waals surface area contributed by atoms with E-state index in [9.17, 15) is 0 Å². The number of nitrogens with one attached hydrogen (secondary N) is 1. The Morgan fingerprint density at radius 2 is 1.88 bits per heavy atom. The Balaban J connectivity index is 1.93. The van der Waals surface area contributed by atoms with Crippen LogP contribution in [-0.2, 0) is 11.3 Å². The first-order valence-corrected chi connectivity index (χ1v) is 8.20. The smallest absolute Gasteiger partial charge is 0.156 e. The molecule has 0 aliphatic heterocycles. The van der Waals surface area contributed by atoms with Crippen LogP contribution in [0.2, 0.25) is 0 Å². The molecule has 0 amide bonds. The second-order valence-corrected chi connectivity index (χ2v) is 6.21. The van der Waals surface area contributed by atoms with Crippen molar-refractivity contribution in [3.63, 3.8) is 0 Å². The fraction of sp³-hybridized carbons (Fsp3) is 0.316. The molecule has 1 N–H and O–H groups in total. The fourth-order valence-electron chi connectivity index (χ4n) is 2.75. The molecule has 0 aliphatic carbocycles. The van der Waals surface area contributed by atoms with Crippen LogP contribution in [0, 0.1) is 27.7 Å². The van der Waals surface area contributed by atoms with E-state index in [-0.39, 0.29) is 0 Å². The van der Waals surface area contributed by atoms with E-state index in [0.717, 1.165) is 28.6 Å². The third-order valence-corrected chi connectivity index (χ3v) is 4.04. The number of hydrogen-bond donors (Lipinski definition) is 1. The van der Waals surface area contributed by atoms with Gasteiger partial charge in [0, 0.05) is 18.9 Å². The van der Waals surface area contributed by atoms with Crippen molar-refractivity contribution in [2.75, 3.05) is 12.4 Å². The molecule has 3 rings (SSSR count). The van der Waals surface area contributed by atoms with Gasteiger partial charge in [0.2, 0.25) is 0 Å². The number of hydrogen-bond acceptors (Lipinski definition) is 5. The number of aromatic nitrogens is 4. The third-order valence-electron chi connectivity index (χ3n) is 4.04. The summed E-state index contributed by atoms with van der Waals surface area (Å²) < 4.78 is 7.08. The van der Waals surface area contributed by atoms with E-state index in [1.54, 1.807) is 7.11 Å². The van der Waals surface area contributed by atoms with E-state index in [4.69, 9.17) is 4.74 Å². The van der Waals surface area contributed by atoms with Crippen molar-refractivity contribution in [3.8, 4) is 5.69 Å². The van der Waals surface area contributed by atoms with Crippen LogP contribution in [0.25, 0.3) is 5.69 Å². The highest BCUT2D eigenvalue weighted by Gasteiger charge is 2.12. The van der Waals surface area contributed by atoms with Gasteiger partial charge in [0.15, 0.2) is 5.82 Å². The lowest BCUT2D eigenvalue weighted by atomic mass is 10.1. The molecule has 3 aromatic rings. The molecule has 6 heteroatoms. The van der Waals surface area contributed by atoms with Crippen LogP contribution >= 0.6 is 0 Å². The largest absolute Gasteiger partial charge is 0.377 e. The number of anilines is 2. The lowest BCUT2D eigenvalue weighted by Gasteiger charge is -2.11. The zero-order chi connectivity index (χ0) is 18.0. The summed E-state index contributed by atoms with van der Waals surface area (Å²) in [6, 6.07) is 8.28. The zero-order valence-electron chi connectivity index (χ0n) is 15.3. The van der Waals surface area contributed by atoms with Gasteiger partial charge >= 0.3 is 0 Å². The standard InChI is InChI=1S/C19H23N5O/c1-12-6-7-13(2)17(8-12)24-15(4)16(10-20-24)22-18-9-14(3)21-19(23-18)11-25-5/h6-10H,11H2,1-5H3,(H,21,22,23). The second-order valence-electron chi connectivity index (χ2n) is 6.21. The van der Waals surface area contributed by atoms with E-state index in [2.05, 4.69) is 52.4 Å². The molecule has 25 heavy (non-hydrogen) atoms. The van der Waals surface area contributed by atoms with Gasteiger partial charge in [0.05, 0.1) is 23.3 Å². The van der Waals surface area contributed by atoms with Crippen molar-refractivity contribution >= 4 is 11.5 Å². The summed E-state index contributed by atoms with van der Waals surface area (Å²) >= 11 is 0. The maximum atomic E-state index is 5.13. The molecule has 6 nitrogen and oxygen atoms in total. The van der Waals surface area contributed by atoms with Crippen molar-refractivity contribution in [3.05, 3.63) is 58.8 Å². The van der Waals surface area contributed by atoms with Crippen molar-refractivity contribution < 1.29 is 4.74 Å². The topological polar surface area (TPSA) is 64.9 Å². The minimum atomic E-state index is 0.386. The highest BCUT2D eigenvalue weighted by Crippen LogP contribution is 2.24. The molecule has 0 saturated heterocycles. The summed E-state index contributed by atoms with van der Waals surface area (Å²) in [4.78, 5) is 8.85. The van der Waals surface area contributed by atoms with Crippen LogP contribution in [0.3, 0.4) is 0 Å². The van der Waals surface area contributed by atoms with Crippen molar-refractivity contribution in [1.82, 2.24) is 19.7 Å². The van der Waals surface area contributed by atoms with Gasteiger partial charge in [-0.25, -0.2) is 14.6 Å². The predicted molar refractivity (Wildman–Crippen MR) is 98.5 cm³/mol. The van der Waals surface area contributed by atoms with E-state index in [0.29, 0.717) is 12.4 Å². The van der Waals surface area contributed by atoms with Gasteiger partial charge in [-0.15, -0.1) is 0 Å². The van der Waals surface area contributed by atoms with Crippen molar-refractivity contribution in [2.24, 2.45) is 0 Å². The summed E-state index contributed by atoms with van der Waals surface area (Å²) in [6.07, 6.45) is 1.82. The summed E-state index contributed by atoms with van der Waals surface area (Å²) in [5.74, 6) is 1.40. The minimum absolute atomic E-state index is 0.386. The second kappa shape index (κ2) is 7.03. The van der Waals surface area contributed by atoms with E-state index in [1.807, 2.05) is 30.8 Å². The number of ether oxygens (including phenoxy) is 1. The quantitative estimate of drug-likeness (QED) is 0.767. The highest BCUT2D eigenvalue weighted by atomic mass is 16.5. The molecule has 0 bridgehead atoms. The normalized spacial score (nSPS) is 10.9. The minimum Gasteiger partial charge on any atom is -0.377 e. The first-order valence-electron chi connectivity index (χ1n) is 8.20. The number of nitrogens with zero attached hydrogens (tertiary/aromatic N) is 4. The monoisotopic (exact) mass is 337 g/mol. The predicted octanol–water partition coefficient (Wildman–Crippen LogP) is 3.79. The molecule has 0 atom stereocenters. The molecule has 1 aromatic carbocycles. The Morgan fingerprint density at radius 3 is 2.64 bits per heavy atom. The molecule has 0 fully saturated rings. The highest BCUT2D eigenvalue weighted by molar-refractivity contribution is 5.60. The van der Waals surface area contributed by atoms with Crippen molar-refractivity contribution in [1.29, 1.82) is 0 Å². The van der Waals surface area contributed by atoms with Crippen LogP contribution in [0.4, 0.5) is 11.5 Å². The van der Waals surface area contributed by atoms with Crippen LogP contribution < -0.4 is 5.32 Å². The Labute approximate surface area is 147 Å². The number of aryl methyl sites for hydroxylation is 3. The average Bonchev–Trinajstić information content (AvgIpc) is 2.90. The summed E-state index contributed by atoms with van der Waals surface area (Å²) in [5, 5.41) is 7.90. The first-order chi connectivity index (χ1) is 12.0. The average molecular weight is 337 g/mol. The van der Waals surface area contributed by atoms with Crippen LogP contribution in [0.15, 0.2) is 30.5 Å². The Morgan fingerprint density at radius 1 is 1.08 bits per heavy atom. The Hall–Kier alpha value is -2.73. The van der Waals surface area contributed by atoms with E-state index >= 15 is 0 Å². The fourth-order valence-corrected chi connectivity index (χ4v) is 2.75. The van der Waals surface area contributed by atoms with E-state index in [1.165, 1.54) is 11.1 Å². The maximum Gasteiger partial charge on any atom is 0.156 e. The van der Waals surface area contributed by atoms with Gasteiger partial charge in [-0.1, -0.05) is 12.1 Å². The molecule has 2 aromatic heterocycles. The summed E-state index contributed by atoms with van der Waals surface area (Å²) in [7, 11) is 1.64. The Bertz CT molecular complexity index is 901. The molecule has 0 saturated carbocycles. The van der Waals surface area contributed by atoms with Gasteiger partial charge in [0.25, 0.3) is 0 Å².